The molecule has 0 aliphatic carbocycles. The molecule has 5 nitrogen and oxygen atoms in total. The first-order chi connectivity index (χ1) is 9.97. The van der Waals surface area contributed by atoms with E-state index in [9.17, 15) is 0 Å². The number of guanidine groups is 2. The summed E-state index contributed by atoms with van der Waals surface area (Å²) in [5.41, 5.74) is 10.7. The van der Waals surface area contributed by atoms with Gasteiger partial charge in [0.25, 0.3) is 0 Å². The van der Waals surface area contributed by atoms with Crippen LogP contribution < -0.4 is 16.8 Å². The van der Waals surface area contributed by atoms with Gasteiger partial charge in [-0.1, -0.05) is 69.9 Å². The van der Waals surface area contributed by atoms with Crippen molar-refractivity contribution in [3.05, 3.63) is 35.9 Å². The van der Waals surface area contributed by atoms with E-state index in [1.807, 2.05) is 35.6 Å². The molecule has 0 radical (unpaired) electrons. The lowest BCUT2D eigenvalue weighted by atomic mass is 10.2. The second kappa shape index (κ2) is 16.3. The fourth-order valence-electron chi connectivity index (χ4n) is 1.21. The highest BCUT2D eigenvalue weighted by Crippen LogP contribution is 2.00. The Balaban J connectivity index is 0. The van der Waals surface area contributed by atoms with Crippen LogP contribution in [0.3, 0.4) is 0 Å². The van der Waals surface area contributed by atoms with Gasteiger partial charge in [0.1, 0.15) is 0 Å². The third kappa shape index (κ3) is 20.7. The van der Waals surface area contributed by atoms with Crippen LogP contribution in [-0.4, -0.2) is 11.9 Å². The standard InChI is InChI=1S/C7H7Cl.C6H14.C2H7N5/c8-6-7-4-2-1-3-5-7;1-3-5-6-4-2;3-1(4)7-2(5)6/h1-5H,6H2;3-6H2,1-2H3;(H7,3,4,5,6,7). The zero-order valence-corrected chi connectivity index (χ0v) is 13.7. The van der Waals surface area contributed by atoms with E-state index in [1.54, 1.807) is 0 Å². The molecule has 7 N–H and O–H groups in total. The number of hydrogen-bond donors (Lipinski definition) is 5. The minimum absolute atomic E-state index is 0.312. The summed E-state index contributed by atoms with van der Waals surface area (Å²) < 4.78 is 0. The molecule has 6 heteroatoms. The predicted octanol–water partition coefficient (Wildman–Crippen LogP) is 3.37. The molecule has 1 aromatic rings. The minimum atomic E-state index is -0.312. The van der Waals surface area contributed by atoms with Crippen LogP contribution in [0.5, 0.6) is 0 Å². The van der Waals surface area contributed by atoms with Gasteiger partial charge in [0.05, 0.1) is 0 Å². The molecule has 0 aromatic heterocycles. The number of alkyl halides is 1. The Kier molecular flexibility index (Phi) is 16.7. The predicted molar refractivity (Wildman–Crippen MR) is 92.8 cm³/mol. The summed E-state index contributed by atoms with van der Waals surface area (Å²) in [4.78, 5) is 0. The lowest BCUT2D eigenvalue weighted by Gasteiger charge is -1.95. The quantitative estimate of drug-likeness (QED) is 0.254. The maximum absolute atomic E-state index is 6.47. The van der Waals surface area contributed by atoms with Crippen molar-refractivity contribution in [1.29, 1.82) is 10.8 Å². The van der Waals surface area contributed by atoms with Crippen LogP contribution in [0.4, 0.5) is 0 Å². The second-order valence-corrected chi connectivity index (χ2v) is 4.55. The van der Waals surface area contributed by atoms with Crippen LogP contribution in [-0.2, 0) is 5.88 Å². The number of nitrogens with two attached hydrogens (primary N) is 2. The van der Waals surface area contributed by atoms with Crippen molar-refractivity contribution in [3.63, 3.8) is 0 Å². The average Bonchev–Trinajstić information content (AvgIpc) is 2.46. The molecule has 0 fully saturated rings. The van der Waals surface area contributed by atoms with Crippen molar-refractivity contribution in [2.24, 2.45) is 11.5 Å². The van der Waals surface area contributed by atoms with Crippen molar-refractivity contribution in [1.82, 2.24) is 5.32 Å². The summed E-state index contributed by atoms with van der Waals surface area (Å²) >= 11 is 5.53. The third-order valence-electron chi connectivity index (χ3n) is 2.22. The van der Waals surface area contributed by atoms with Gasteiger partial charge in [-0.05, 0) is 5.56 Å². The number of halogens is 1. The first-order valence-corrected chi connectivity index (χ1v) is 7.56. The van der Waals surface area contributed by atoms with Crippen molar-refractivity contribution in [3.8, 4) is 0 Å². The Hall–Kier alpha value is -1.75. The molecule has 0 aliphatic rings. The molecule has 0 bridgehead atoms. The molecule has 0 atom stereocenters. The molecule has 0 unspecified atom stereocenters. The van der Waals surface area contributed by atoms with Gasteiger partial charge in [0, 0.05) is 5.88 Å². The van der Waals surface area contributed by atoms with Gasteiger partial charge in [-0.3, -0.25) is 16.1 Å². The molecule has 1 aromatic carbocycles. The Bertz CT molecular complexity index is 352. The van der Waals surface area contributed by atoms with E-state index in [2.05, 4.69) is 13.8 Å². The topological polar surface area (TPSA) is 112 Å². The molecular weight excluding hydrogens is 286 g/mol. The summed E-state index contributed by atoms with van der Waals surface area (Å²) in [5.74, 6) is -0.0131. The summed E-state index contributed by atoms with van der Waals surface area (Å²) in [5, 5.41) is 15.0. The number of benzene rings is 1. The van der Waals surface area contributed by atoms with Gasteiger partial charge in [-0.2, -0.15) is 0 Å². The van der Waals surface area contributed by atoms with Crippen molar-refractivity contribution < 1.29 is 0 Å². The highest BCUT2D eigenvalue weighted by molar-refractivity contribution is 6.17. The smallest absolute Gasteiger partial charge is 0.192 e. The van der Waals surface area contributed by atoms with Crippen molar-refractivity contribution in [2.45, 2.75) is 45.4 Å². The lowest BCUT2D eigenvalue weighted by molar-refractivity contribution is 0.702. The summed E-state index contributed by atoms with van der Waals surface area (Å²) in [7, 11) is 0. The molecule has 0 amide bonds. The average molecular weight is 314 g/mol. The number of hydrogen-bond acceptors (Lipinski definition) is 2. The zero-order chi connectivity index (χ0) is 16.5. The first kappa shape index (κ1) is 21.5. The van der Waals surface area contributed by atoms with Gasteiger partial charge in [0.2, 0.25) is 0 Å². The van der Waals surface area contributed by atoms with Crippen LogP contribution in [0.25, 0.3) is 0 Å². The highest BCUT2D eigenvalue weighted by Gasteiger charge is 1.83. The molecule has 120 valence electrons. The Morgan fingerprint density at radius 2 is 1.43 bits per heavy atom. The van der Waals surface area contributed by atoms with Gasteiger partial charge < -0.3 is 11.5 Å². The molecule has 0 aliphatic heterocycles. The molecule has 0 saturated carbocycles. The number of nitrogens with one attached hydrogen (secondary N) is 3. The fourth-order valence-corrected chi connectivity index (χ4v) is 1.39. The lowest BCUT2D eigenvalue weighted by Crippen LogP contribution is -2.39. The van der Waals surface area contributed by atoms with Crippen LogP contribution in [0.1, 0.15) is 45.1 Å². The number of rotatable bonds is 4. The second-order valence-electron chi connectivity index (χ2n) is 4.28. The maximum Gasteiger partial charge on any atom is 0.192 e. The fraction of sp³-hybridized carbons (Fsp3) is 0.467. The first-order valence-electron chi connectivity index (χ1n) is 7.02. The van der Waals surface area contributed by atoms with Crippen molar-refractivity contribution in [2.75, 3.05) is 0 Å². The summed E-state index contributed by atoms with van der Waals surface area (Å²) in [6.45, 7) is 4.46. The largest absolute Gasteiger partial charge is 0.370 e. The third-order valence-corrected chi connectivity index (χ3v) is 2.53. The zero-order valence-electron chi connectivity index (χ0n) is 13.0. The van der Waals surface area contributed by atoms with E-state index >= 15 is 0 Å². The van der Waals surface area contributed by atoms with E-state index in [0.29, 0.717) is 5.88 Å². The van der Waals surface area contributed by atoms with E-state index in [-0.39, 0.29) is 11.9 Å². The Morgan fingerprint density at radius 1 is 1.00 bits per heavy atom. The van der Waals surface area contributed by atoms with Crippen LogP contribution >= 0.6 is 11.6 Å². The molecule has 1 rings (SSSR count). The van der Waals surface area contributed by atoms with E-state index in [0.717, 1.165) is 0 Å². The van der Waals surface area contributed by atoms with E-state index < -0.39 is 0 Å². The van der Waals surface area contributed by atoms with Crippen LogP contribution in [0.15, 0.2) is 30.3 Å². The molecule has 0 spiro atoms. The summed E-state index contributed by atoms with van der Waals surface area (Å²) in [6.07, 6.45) is 5.54. The molecule has 0 heterocycles. The summed E-state index contributed by atoms with van der Waals surface area (Å²) in [6, 6.07) is 9.96. The molecule has 21 heavy (non-hydrogen) atoms. The monoisotopic (exact) mass is 313 g/mol. The highest BCUT2D eigenvalue weighted by atomic mass is 35.5. The van der Waals surface area contributed by atoms with Crippen molar-refractivity contribution >= 4 is 23.5 Å². The Morgan fingerprint density at radius 3 is 1.62 bits per heavy atom. The molecule has 0 saturated heterocycles. The molecular formula is C15H28ClN5. The van der Waals surface area contributed by atoms with Crippen LogP contribution in [0, 0.1) is 10.8 Å². The van der Waals surface area contributed by atoms with E-state index in [4.69, 9.17) is 33.9 Å². The minimum Gasteiger partial charge on any atom is -0.370 e. The SMILES string of the molecule is CCCCCC.ClCc1ccccc1.N=C(N)NC(=N)N. The normalized spacial score (nSPS) is 8.52. The maximum atomic E-state index is 6.47. The van der Waals surface area contributed by atoms with Crippen LogP contribution in [0.2, 0.25) is 0 Å². The van der Waals surface area contributed by atoms with Gasteiger partial charge in [-0.15, -0.1) is 11.6 Å². The van der Waals surface area contributed by atoms with Gasteiger partial charge >= 0.3 is 0 Å². The van der Waals surface area contributed by atoms with E-state index in [1.165, 1.54) is 31.2 Å². The van der Waals surface area contributed by atoms with Gasteiger partial charge in [-0.25, -0.2) is 0 Å². The number of unbranched alkanes of at least 4 members (excludes halogenated alkanes) is 3. The Labute approximate surface area is 133 Å². The van der Waals surface area contributed by atoms with Gasteiger partial charge in [0.15, 0.2) is 11.9 Å².